The number of fused-ring (bicyclic) bond motifs is 1. The van der Waals surface area contributed by atoms with Gasteiger partial charge in [-0.1, -0.05) is 24.3 Å². The van der Waals surface area contributed by atoms with E-state index in [0.29, 0.717) is 23.0 Å². The van der Waals surface area contributed by atoms with Gasteiger partial charge in [-0.15, -0.1) is 11.8 Å². The molecule has 1 amide bonds. The lowest BCUT2D eigenvalue weighted by molar-refractivity contribution is -0.113. The van der Waals surface area contributed by atoms with Gasteiger partial charge in [0.25, 0.3) is 0 Å². The number of carbonyl (C=O) groups excluding carboxylic acids is 1. The highest BCUT2D eigenvalue weighted by atomic mass is 32.2. The fourth-order valence-electron chi connectivity index (χ4n) is 2.84. The molecule has 3 heterocycles. The monoisotopic (exact) mass is 377 g/mol. The van der Waals surface area contributed by atoms with Crippen LogP contribution in [0, 0.1) is 13.8 Å². The molecule has 0 saturated heterocycles. The molecule has 3 aromatic heterocycles. The van der Waals surface area contributed by atoms with Crippen LogP contribution in [0.2, 0.25) is 0 Å². The largest absolute Gasteiger partial charge is 0.460 e. The fourth-order valence-corrected chi connectivity index (χ4v) is 3.56. The van der Waals surface area contributed by atoms with Crippen molar-refractivity contribution in [2.24, 2.45) is 0 Å². The molecule has 0 unspecified atom stereocenters. The average Bonchev–Trinajstić information content (AvgIpc) is 3.25. The molecule has 6 heteroatoms. The lowest BCUT2D eigenvalue weighted by Crippen LogP contribution is -2.16. The highest BCUT2D eigenvalue weighted by Crippen LogP contribution is 2.30. The third-order valence-electron chi connectivity index (χ3n) is 4.11. The predicted molar refractivity (Wildman–Crippen MR) is 108 cm³/mol. The Morgan fingerprint density at radius 1 is 1.11 bits per heavy atom. The van der Waals surface area contributed by atoms with Crippen molar-refractivity contribution in [3.05, 3.63) is 72.1 Å². The van der Waals surface area contributed by atoms with E-state index in [1.165, 1.54) is 11.8 Å². The van der Waals surface area contributed by atoms with E-state index in [1.54, 1.807) is 0 Å². The molecule has 0 radical (unpaired) electrons. The van der Waals surface area contributed by atoms with Crippen LogP contribution < -0.4 is 5.32 Å². The normalized spacial score (nSPS) is 11.0. The van der Waals surface area contributed by atoms with Crippen LogP contribution in [0.3, 0.4) is 0 Å². The summed E-state index contributed by atoms with van der Waals surface area (Å²) in [5, 5.41) is 3.02. The molecule has 0 spiro atoms. The molecule has 1 aromatic carbocycles. The second kappa shape index (κ2) is 7.32. The molecule has 5 nitrogen and oxygen atoms in total. The highest BCUT2D eigenvalue weighted by molar-refractivity contribution is 8.00. The zero-order valence-corrected chi connectivity index (χ0v) is 15.9. The number of carbonyl (C=O) groups is 1. The molecule has 0 fully saturated rings. The Morgan fingerprint density at radius 2 is 1.93 bits per heavy atom. The minimum Gasteiger partial charge on any atom is -0.460 e. The number of amides is 1. The van der Waals surface area contributed by atoms with Crippen LogP contribution in [0.25, 0.3) is 17.1 Å². The topological polar surface area (TPSA) is 59.5 Å². The Balaban J connectivity index is 1.64. The van der Waals surface area contributed by atoms with E-state index in [0.717, 1.165) is 21.9 Å². The highest BCUT2D eigenvalue weighted by Gasteiger charge is 2.19. The Labute approximate surface area is 161 Å². The zero-order chi connectivity index (χ0) is 18.8. The number of aryl methyl sites for hydroxylation is 2. The van der Waals surface area contributed by atoms with Crippen LogP contribution in [0.15, 0.2) is 70.1 Å². The number of furan rings is 1. The summed E-state index contributed by atoms with van der Waals surface area (Å²) in [4.78, 5) is 18.3. The Bertz CT molecular complexity index is 1100. The van der Waals surface area contributed by atoms with Crippen molar-refractivity contribution >= 4 is 29.1 Å². The van der Waals surface area contributed by atoms with E-state index < -0.39 is 0 Å². The van der Waals surface area contributed by atoms with Crippen molar-refractivity contribution in [3.8, 4) is 11.5 Å². The number of nitrogens with one attached hydrogen (secondary N) is 1. The van der Waals surface area contributed by atoms with Gasteiger partial charge in [-0.2, -0.15) is 0 Å². The van der Waals surface area contributed by atoms with Gasteiger partial charge in [-0.3, -0.25) is 9.20 Å². The second-order valence-corrected chi connectivity index (χ2v) is 7.35. The van der Waals surface area contributed by atoms with Crippen LogP contribution in [0.1, 0.15) is 11.3 Å². The predicted octanol–water partition coefficient (Wildman–Crippen LogP) is 4.94. The van der Waals surface area contributed by atoms with Gasteiger partial charge in [-0.25, -0.2) is 4.98 Å². The quantitative estimate of drug-likeness (QED) is 0.500. The number of benzene rings is 1. The molecule has 0 aliphatic carbocycles. The lowest BCUT2D eigenvalue weighted by Gasteiger charge is -2.07. The fraction of sp³-hybridized carbons (Fsp3) is 0.143. The minimum atomic E-state index is -0.0864. The SMILES string of the molecule is Cc1ccc2nc(-c3ccc(C)o3)c(NC(=O)CSc3ccccc3)n2c1. The van der Waals surface area contributed by atoms with Gasteiger partial charge < -0.3 is 9.73 Å². The van der Waals surface area contributed by atoms with E-state index in [4.69, 9.17) is 4.42 Å². The Hall–Kier alpha value is -2.99. The van der Waals surface area contributed by atoms with Crippen molar-refractivity contribution in [1.82, 2.24) is 9.38 Å². The van der Waals surface area contributed by atoms with E-state index in [-0.39, 0.29) is 5.91 Å². The van der Waals surface area contributed by atoms with E-state index >= 15 is 0 Å². The summed E-state index contributed by atoms with van der Waals surface area (Å²) in [5.74, 6) is 2.30. The van der Waals surface area contributed by atoms with Crippen molar-refractivity contribution < 1.29 is 9.21 Å². The van der Waals surface area contributed by atoms with Gasteiger partial charge in [0.15, 0.2) is 5.76 Å². The number of hydrogen-bond donors (Lipinski definition) is 1. The molecule has 4 aromatic rings. The van der Waals surface area contributed by atoms with Gasteiger partial charge >= 0.3 is 0 Å². The molecule has 0 aliphatic heterocycles. The molecule has 0 aliphatic rings. The number of aromatic nitrogens is 2. The summed E-state index contributed by atoms with van der Waals surface area (Å²) >= 11 is 1.50. The van der Waals surface area contributed by atoms with E-state index in [9.17, 15) is 4.79 Å². The van der Waals surface area contributed by atoms with Gasteiger partial charge in [0.2, 0.25) is 5.91 Å². The Kier molecular flexibility index (Phi) is 4.73. The number of hydrogen-bond acceptors (Lipinski definition) is 4. The smallest absolute Gasteiger partial charge is 0.235 e. The maximum absolute atomic E-state index is 12.6. The van der Waals surface area contributed by atoms with E-state index in [1.807, 2.05) is 79.0 Å². The number of imidazole rings is 1. The van der Waals surface area contributed by atoms with Gasteiger partial charge in [0.05, 0.1) is 5.75 Å². The molecule has 4 rings (SSSR count). The maximum atomic E-state index is 12.6. The second-order valence-electron chi connectivity index (χ2n) is 6.30. The minimum absolute atomic E-state index is 0.0864. The molecule has 0 atom stereocenters. The standard InChI is InChI=1S/C21H19N3O2S/c1-14-8-11-18-22-20(17-10-9-15(2)26-17)21(24(18)12-14)23-19(25)13-27-16-6-4-3-5-7-16/h3-12H,13H2,1-2H3,(H,23,25). The van der Waals surface area contributed by atoms with Crippen LogP contribution in [-0.4, -0.2) is 21.0 Å². The van der Waals surface area contributed by atoms with E-state index in [2.05, 4.69) is 10.3 Å². The molecular weight excluding hydrogens is 358 g/mol. The van der Waals surface area contributed by atoms with Crippen LogP contribution in [0.5, 0.6) is 0 Å². The third kappa shape index (κ3) is 3.75. The third-order valence-corrected chi connectivity index (χ3v) is 5.12. The van der Waals surface area contributed by atoms with Crippen LogP contribution in [-0.2, 0) is 4.79 Å². The van der Waals surface area contributed by atoms with Crippen LogP contribution in [0.4, 0.5) is 5.82 Å². The molecule has 0 bridgehead atoms. The number of anilines is 1. The molecule has 136 valence electrons. The summed E-state index contributed by atoms with van der Waals surface area (Å²) in [5.41, 5.74) is 2.47. The van der Waals surface area contributed by atoms with Gasteiger partial charge in [0, 0.05) is 11.1 Å². The molecule has 0 saturated carbocycles. The summed E-state index contributed by atoms with van der Waals surface area (Å²) in [6.45, 7) is 3.89. The molecule has 1 N–H and O–H groups in total. The Morgan fingerprint density at radius 3 is 2.67 bits per heavy atom. The number of pyridine rings is 1. The summed E-state index contributed by atoms with van der Waals surface area (Å²) in [6.07, 6.45) is 1.96. The van der Waals surface area contributed by atoms with Gasteiger partial charge in [-0.05, 0) is 49.7 Å². The number of thioether (sulfide) groups is 1. The number of nitrogens with zero attached hydrogens (tertiary/aromatic N) is 2. The van der Waals surface area contributed by atoms with Gasteiger partial charge in [0.1, 0.15) is 22.9 Å². The first kappa shape index (κ1) is 17.4. The summed E-state index contributed by atoms with van der Waals surface area (Å²) in [6, 6.07) is 17.6. The van der Waals surface area contributed by atoms with Crippen LogP contribution >= 0.6 is 11.8 Å². The number of rotatable bonds is 5. The summed E-state index contributed by atoms with van der Waals surface area (Å²) < 4.78 is 7.64. The van der Waals surface area contributed by atoms with Crippen molar-refractivity contribution in [3.63, 3.8) is 0 Å². The maximum Gasteiger partial charge on any atom is 0.235 e. The first-order valence-corrected chi connectivity index (χ1v) is 9.62. The lowest BCUT2D eigenvalue weighted by atomic mass is 10.3. The molecular formula is C21H19N3O2S. The zero-order valence-electron chi connectivity index (χ0n) is 15.1. The first-order valence-electron chi connectivity index (χ1n) is 8.63. The van der Waals surface area contributed by atoms with Crippen molar-refractivity contribution in [2.45, 2.75) is 18.7 Å². The van der Waals surface area contributed by atoms with Crippen molar-refractivity contribution in [1.29, 1.82) is 0 Å². The average molecular weight is 377 g/mol. The summed E-state index contributed by atoms with van der Waals surface area (Å²) in [7, 11) is 0. The first-order chi connectivity index (χ1) is 13.1. The van der Waals surface area contributed by atoms with Crippen molar-refractivity contribution in [2.75, 3.05) is 11.1 Å². The molecule has 27 heavy (non-hydrogen) atoms.